The second-order valence-electron chi connectivity index (χ2n) is 6.56. The molecule has 1 saturated carbocycles. The van der Waals surface area contributed by atoms with Gasteiger partial charge in [-0.05, 0) is 36.5 Å². The van der Waals surface area contributed by atoms with Crippen molar-refractivity contribution in [1.82, 2.24) is 4.98 Å². The summed E-state index contributed by atoms with van der Waals surface area (Å²) in [5, 5.41) is 2.90. The number of alkyl halides is 2. The molecule has 0 saturated heterocycles. The number of benzene rings is 1. The molecule has 1 fully saturated rings. The van der Waals surface area contributed by atoms with Gasteiger partial charge >= 0.3 is 0 Å². The molecule has 3 rings (SSSR count). The van der Waals surface area contributed by atoms with Crippen LogP contribution >= 0.6 is 22.9 Å². The molecule has 1 aromatic carbocycles. The molecule has 1 amide bonds. The van der Waals surface area contributed by atoms with E-state index in [9.17, 15) is 22.0 Å². The van der Waals surface area contributed by atoms with Gasteiger partial charge < -0.3 is 0 Å². The number of sulfone groups is 1. The third-order valence-corrected chi connectivity index (χ3v) is 6.55. The van der Waals surface area contributed by atoms with Gasteiger partial charge in [0, 0.05) is 11.8 Å². The molecule has 2 unspecified atom stereocenters. The molecule has 0 bridgehead atoms. The SMILES string of the molecule is CS(=O)(=O)c1ccc(/C(=C\C2CC(F)C(F)C2)C(=O)Nc2ncc(Cl)s2)cc1. The van der Waals surface area contributed by atoms with Crippen LogP contribution in [0.25, 0.3) is 5.57 Å². The van der Waals surface area contributed by atoms with Crippen LogP contribution in [0.1, 0.15) is 18.4 Å². The number of rotatable bonds is 5. The number of thiazole rings is 1. The monoisotopic (exact) mass is 446 g/mol. The number of anilines is 1. The average Bonchev–Trinajstić information content (AvgIpc) is 3.17. The van der Waals surface area contributed by atoms with Crippen LogP contribution in [-0.4, -0.2) is 37.9 Å². The maximum atomic E-state index is 13.6. The van der Waals surface area contributed by atoms with E-state index in [1.54, 1.807) is 0 Å². The molecule has 1 heterocycles. The first-order valence-corrected chi connectivity index (χ1v) is 11.4. The highest BCUT2D eigenvalue weighted by molar-refractivity contribution is 7.90. The van der Waals surface area contributed by atoms with E-state index in [2.05, 4.69) is 10.3 Å². The van der Waals surface area contributed by atoms with Crippen LogP contribution < -0.4 is 5.32 Å². The number of nitrogens with zero attached hydrogens (tertiary/aromatic N) is 1. The summed E-state index contributed by atoms with van der Waals surface area (Å²) in [5.74, 6) is -0.962. The second-order valence-corrected chi connectivity index (χ2v) is 10.2. The summed E-state index contributed by atoms with van der Waals surface area (Å²) in [5.41, 5.74) is 0.628. The summed E-state index contributed by atoms with van der Waals surface area (Å²) in [6.45, 7) is 0. The number of aromatic nitrogens is 1. The molecule has 2 atom stereocenters. The van der Waals surface area contributed by atoms with Crippen molar-refractivity contribution in [2.45, 2.75) is 30.1 Å². The van der Waals surface area contributed by atoms with Crippen molar-refractivity contribution in [2.75, 3.05) is 11.6 Å². The van der Waals surface area contributed by atoms with Crippen LogP contribution in [0.15, 0.2) is 41.4 Å². The van der Waals surface area contributed by atoms with Gasteiger partial charge in [0.1, 0.15) is 16.7 Å². The highest BCUT2D eigenvalue weighted by atomic mass is 35.5. The highest BCUT2D eigenvalue weighted by Gasteiger charge is 2.34. The lowest BCUT2D eigenvalue weighted by Crippen LogP contribution is -2.14. The van der Waals surface area contributed by atoms with Crippen LogP contribution in [0.2, 0.25) is 4.34 Å². The highest BCUT2D eigenvalue weighted by Crippen LogP contribution is 2.34. The molecule has 150 valence electrons. The molecule has 1 aliphatic rings. The summed E-state index contributed by atoms with van der Waals surface area (Å²) in [6, 6.07) is 5.75. The lowest BCUT2D eigenvalue weighted by atomic mass is 9.98. The topological polar surface area (TPSA) is 76.1 Å². The van der Waals surface area contributed by atoms with E-state index in [4.69, 9.17) is 11.6 Å². The van der Waals surface area contributed by atoms with Crippen LogP contribution in [0.4, 0.5) is 13.9 Å². The first kappa shape index (κ1) is 20.9. The van der Waals surface area contributed by atoms with Crippen molar-refractivity contribution in [1.29, 1.82) is 0 Å². The maximum absolute atomic E-state index is 13.6. The standard InChI is InChI=1S/C18H17ClF2N2O3S2/c1-28(25,26)12-4-2-11(3-5-12)13(6-10-7-14(20)15(21)8-10)17(24)23-18-22-9-16(19)27-18/h2-6,9-10,14-15H,7-8H2,1H3,(H,22,23,24)/b13-6+. The van der Waals surface area contributed by atoms with E-state index in [1.807, 2.05) is 0 Å². The molecule has 10 heteroatoms. The minimum atomic E-state index is -3.39. The summed E-state index contributed by atoms with van der Waals surface area (Å²) in [6.07, 6.45) is 0.868. The maximum Gasteiger partial charge on any atom is 0.257 e. The molecule has 5 nitrogen and oxygen atoms in total. The Hall–Kier alpha value is -1.84. The number of hydrogen-bond acceptors (Lipinski definition) is 5. The number of carbonyl (C=O) groups is 1. The van der Waals surface area contributed by atoms with E-state index in [1.165, 1.54) is 36.5 Å². The molecule has 0 radical (unpaired) electrons. The van der Waals surface area contributed by atoms with Crippen LogP contribution in [0, 0.1) is 5.92 Å². The van der Waals surface area contributed by atoms with E-state index in [0.717, 1.165) is 17.6 Å². The zero-order chi connectivity index (χ0) is 20.5. The van der Waals surface area contributed by atoms with Crippen molar-refractivity contribution in [2.24, 2.45) is 5.92 Å². The molecular formula is C18H17ClF2N2O3S2. The van der Waals surface area contributed by atoms with Gasteiger partial charge in [-0.1, -0.05) is 41.1 Å². The molecule has 1 N–H and O–H groups in total. The number of nitrogens with one attached hydrogen (secondary N) is 1. The summed E-state index contributed by atoms with van der Waals surface area (Å²) in [4.78, 5) is 16.9. The van der Waals surface area contributed by atoms with Gasteiger partial charge in [-0.2, -0.15) is 0 Å². The molecular weight excluding hydrogens is 430 g/mol. The van der Waals surface area contributed by atoms with E-state index in [-0.39, 0.29) is 28.4 Å². The first-order chi connectivity index (χ1) is 13.1. The lowest BCUT2D eigenvalue weighted by molar-refractivity contribution is -0.111. The molecule has 28 heavy (non-hydrogen) atoms. The zero-order valence-electron chi connectivity index (χ0n) is 14.7. The van der Waals surface area contributed by atoms with Crippen LogP contribution in [0.5, 0.6) is 0 Å². The molecule has 0 spiro atoms. The van der Waals surface area contributed by atoms with Crippen LogP contribution in [-0.2, 0) is 14.6 Å². The Bertz CT molecular complexity index is 996. The smallest absolute Gasteiger partial charge is 0.257 e. The molecule has 0 aliphatic heterocycles. The van der Waals surface area contributed by atoms with E-state index in [0.29, 0.717) is 9.90 Å². The van der Waals surface area contributed by atoms with Gasteiger partial charge in [0.05, 0.1) is 11.1 Å². The Morgan fingerprint density at radius 3 is 2.36 bits per heavy atom. The normalized spacial score (nSPS) is 23.0. The Kier molecular flexibility index (Phi) is 6.16. The third-order valence-electron chi connectivity index (χ3n) is 4.39. The minimum Gasteiger partial charge on any atom is -0.298 e. The Morgan fingerprint density at radius 1 is 1.25 bits per heavy atom. The van der Waals surface area contributed by atoms with Gasteiger partial charge in [-0.3, -0.25) is 10.1 Å². The quantitative estimate of drug-likeness (QED) is 0.694. The third kappa shape index (κ3) is 4.95. The van der Waals surface area contributed by atoms with Crippen LogP contribution in [0.3, 0.4) is 0 Å². The fraction of sp³-hybridized carbons (Fsp3) is 0.333. The predicted molar refractivity (Wildman–Crippen MR) is 106 cm³/mol. The van der Waals surface area contributed by atoms with Gasteiger partial charge in [-0.15, -0.1) is 0 Å². The lowest BCUT2D eigenvalue weighted by Gasteiger charge is -2.11. The summed E-state index contributed by atoms with van der Waals surface area (Å²) >= 11 is 6.89. The largest absolute Gasteiger partial charge is 0.298 e. The minimum absolute atomic E-state index is 0.0115. The molecule has 1 aromatic heterocycles. The first-order valence-electron chi connectivity index (χ1n) is 8.36. The fourth-order valence-electron chi connectivity index (χ4n) is 3.00. The van der Waals surface area contributed by atoms with Gasteiger partial charge in [0.2, 0.25) is 0 Å². The van der Waals surface area contributed by atoms with Gasteiger partial charge in [0.15, 0.2) is 15.0 Å². The van der Waals surface area contributed by atoms with Crippen molar-refractivity contribution in [3.63, 3.8) is 0 Å². The van der Waals surface area contributed by atoms with E-state index < -0.39 is 34.0 Å². The fourth-order valence-corrected chi connectivity index (χ4v) is 4.44. The Balaban J connectivity index is 1.93. The number of halogens is 3. The van der Waals surface area contributed by atoms with Crippen molar-refractivity contribution >= 4 is 49.4 Å². The number of amides is 1. The number of hydrogen-bond donors (Lipinski definition) is 1. The molecule has 1 aliphatic carbocycles. The van der Waals surface area contributed by atoms with E-state index >= 15 is 0 Å². The van der Waals surface area contributed by atoms with Crippen molar-refractivity contribution in [3.8, 4) is 0 Å². The van der Waals surface area contributed by atoms with Crippen molar-refractivity contribution < 1.29 is 22.0 Å². The Labute approximate surface area is 170 Å². The predicted octanol–water partition coefficient (Wildman–Crippen LogP) is 4.31. The second kappa shape index (κ2) is 8.26. The van der Waals surface area contributed by atoms with Gasteiger partial charge in [0.25, 0.3) is 5.91 Å². The zero-order valence-corrected chi connectivity index (χ0v) is 17.1. The summed E-state index contributed by atoms with van der Waals surface area (Å²) in [7, 11) is -3.39. The summed E-state index contributed by atoms with van der Waals surface area (Å²) < 4.78 is 50.8. The number of allylic oxidation sites excluding steroid dienone is 1. The number of carbonyl (C=O) groups excluding carboxylic acids is 1. The average molecular weight is 447 g/mol. The Morgan fingerprint density at radius 2 is 1.86 bits per heavy atom. The van der Waals surface area contributed by atoms with Gasteiger partial charge in [-0.25, -0.2) is 22.2 Å². The molecule has 2 aromatic rings. The van der Waals surface area contributed by atoms with Crippen molar-refractivity contribution in [3.05, 3.63) is 46.4 Å².